The van der Waals surface area contributed by atoms with Gasteiger partial charge in [0.15, 0.2) is 0 Å². The molecule has 0 saturated heterocycles. The summed E-state index contributed by atoms with van der Waals surface area (Å²) in [5, 5.41) is 11.6. The molecule has 1 N–H and O–H groups in total. The van der Waals surface area contributed by atoms with Crippen LogP contribution in [0.2, 0.25) is 5.02 Å². The highest BCUT2D eigenvalue weighted by Gasteiger charge is 2.19. The molecule has 1 amide bonds. The molecule has 0 unspecified atom stereocenters. The Morgan fingerprint density at radius 1 is 1.19 bits per heavy atom. The average Bonchev–Trinajstić information content (AvgIpc) is 3.09. The van der Waals surface area contributed by atoms with Crippen molar-refractivity contribution in [2.75, 3.05) is 0 Å². The third kappa shape index (κ3) is 4.45. The van der Waals surface area contributed by atoms with Crippen molar-refractivity contribution in [2.45, 2.75) is 30.9 Å². The summed E-state index contributed by atoms with van der Waals surface area (Å²) in [6.45, 7) is 4.16. The van der Waals surface area contributed by atoms with E-state index in [-0.39, 0.29) is 11.2 Å². The van der Waals surface area contributed by atoms with E-state index < -0.39 is 0 Å². The van der Waals surface area contributed by atoms with Gasteiger partial charge in [-0.25, -0.2) is 0 Å². The molecule has 1 atom stereocenters. The van der Waals surface area contributed by atoms with Gasteiger partial charge in [0, 0.05) is 17.1 Å². The fraction of sp³-hybridized carbons (Fsp3) is 0.211. The molecule has 2 aromatic carbocycles. The molecule has 134 valence electrons. The third-order valence-electron chi connectivity index (χ3n) is 3.84. The number of halogens is 1. The smallest absolute Gasteiger partial charge is 0.277 e. The summed E-state index contributed by atoms with van der Waals surface area (Å²) in [4.78, 5) is 12.3. The standard InChI is InChI=1S/C19H18ClN3O2S/c1-12-7-3-5-9-15(12)18-22-23-19(25-18)26-13(2)17(24)21-11-14-8-4-6-10-16(14)20/h3-10,13H,11H2,1-2H3,(H,21,24)/t13-/m0/s1. The maximum absolute atomic E-state index is 12.3. The second-order valence-electron chi connectivity index (χ2n) is 5.76. The monoisotopic (exact) mass is 387 g/mol. The molecule has 5 nitrogen and oxygen atoms in total. The molecule has 7 heteroatoms. The molecular weight excluding hydrogens is 370 g/mol. The van der Waals surface area contributed by atoms with Crippen LogP contribution in [0.1, 0.15) is 18.1 Å². The van der Waals surface area contributed by atoms with Gasteiger partial charge in [-0.15, -0.1) is 10.2 Å². The lowest BCUT2D eigenvalue weighted by molar-refractivity contribution is -0.120. The quantitative estimate of drug-likeness (QED) is 0.631. The Balaban J connectivity index is 1.59. The van der Waals surface area contributed by atoms with E-state index in [1.807, 2.05) is 49.4 Å². The van der Waals surface area contributed by atoms with Gasteiger partial charge in [0.2, 0.25) is 11.8 Å². The van der Waals surface area contributed by atoms with Crippen LogP contribution >= 0.6 is 23.4 Å². The van der Waals surface area contributed by atoms with Crippen LogP contribution in [-0.2, 0) is 11.3 Å². The summed E-state index contributed by atoms with van der Waals surface area (Å²) in [6, 6.07) is 15.2. The minimum atomic E-state index is -0.373. The van der Waals surface area contributed by atoms with Crippen molar-refractivity contribution in [3.8, 4) is 11.5 Å². The van der Waals surface area contributed by atoms with Crippen LogP contribution in [0.15, 0.2) is 58.2 Å². The van der Waals surface area contributed by atoms with E-state index in [9.17, 15) is 4.79 Å². The Kier molecular flexibility index (Phi) is 5.96. The Hall–Kier alpha value is -2.31. The van der Waals surface area contributed by atoms with E-state index in [1.165, 1.54) is 11.8 Å². The van der Waals surface area contributed by atoms with Crippen LogP contribution in [0.4, 0.5) is 0 Å². The SMILES string of the molecule is Cc1ccccc1-c1nnc(S[C@@H](C)C(=O)NCc2ccccc2Cl)o1. The van der Waals surface area contributed by atoms with Crippen molar-refractivity contribution in [1.29, 1.82) is 0 Å². The van der Waals surface area contributed by atoms with Crippen LogP contribution < -0.4 is 5.32 Å². The molecule has 0 saturated carbocycles. The lowest BCUT2D eigenvalue weighted by atomic mass is 10.1. The molecule has 0 aliphatic heterocycles. The number of carbonyl (C=O) groups is 1. The van der Waals surface area contributed by atoms with Crippen LogP contribution in [0.3, 0.4) is 0 Å². The molecule has 0 radical (unpaired) electrons. The van der Waals surface area contributed by atoms with Gasteiger partial charge in [-0.1, -0.05) is 59.8 Å². The molecular formula is C19H18ClN3O2S. The van der Waals surface area contributed by atoms with Crippen LogP contribution in [0.5, 0.6) is 0 Å². The molecule has 1 heterocycles. The van der Waals surface area contributed by atoms with Crippen molar-refractivity contribution < 1.29 is 9.21 Å². The van der Waals surface area contributed by atoms with E-state index in [2.05, 4.69) is 15.5 Å². The number of hydrogen-bond acceptors (Lipinski definition) is 5. The number of hydrogen-bond donors (Lipinski definition) is 1. The molecule has 26 heavy (non-hydrogen) atoms. The molecule has 3 rings (SSSR count). The number of aromatic nitrogens is 2. The van der Waals surface area contributed by atoms with Crippen LogP contribution in [0, 0.1) is 6.92 Å². The maximum Gasteiger partial charge on any atom is 0.277 e. The molecule has 0 spiro atoms. The highest BCUT2D eigenvalue weighted by atomic mass is 35.5. The van der Waals surface area contributed by atoms with Gasteiger partial charge in [-0.2, -0.15) is 0 Å². The number of rotatable bonds is 6. The van der Waals surface area contributed by atoms with Gasteiger partial charge < -0.3 is 9.73 Å². The number of amides is 1. The Morgan fingerprint density at radius 3 is 2.69 bits per heavy atom. The summed E-state index contributed by atoms with van der Waals surface area (Å²) in [6.07, 6.45) is 0. The summed E-state index contributed by atoms with van der Waals surface area (Å²) in [5.41, 5.74) is 2.82. The first-order valence-corrected chi connectivity index (χ1v) is 9.37. The average molecular weight is 388 g/mol. The number of thioether (sulfide) groups is 1. The summed E-state index contributed by atoms with van der Waals surface area (Å²) >= 11 is 7.33. The van der Waals surface area contributed by atoms with Gasteiger partial charge in [-0.05, 0) is 37.1 Å². The largest absolute Gasteiger partial charge is 0.411 e. The topological polar surface area (TPSA) is 68.0 Å². The number of aryl methyl sites for hydroxylation is 1. The minimum absolute atomic E-state index is 0.120. The maximum atomic E-state index is 12.3. The van der Waals surface area contributed by atoms with Crippen molar-refractivity contribution in [3.63, 3.8) is 0 Å². The van der Waals surface area contributed by atoms with Crippen molar-refractivity contribution in [1.82, 2.24) is 15.5 Å². The van der Waals surface area contributed by atoms with Crippen molar-refractivity contribution in [2.24, 2.45) is 0 Å². The second kappa shape index (κ2) is 8.38. The normalized spacial score (nSPS) is 12.0. The van der Waals surface area contributed by atoms with E-state index in [0.717, 1.165) is 16.7 Å². The minimum Gasteiger partial charge on any atom is -0.411 e. The highest BCUT2D eigenvalue weighted by molar-refractivity contribution is 8.00. The van der Waals surface area contributed by atoms with E-state index in [1.54, 1.807) is 13.0 Å². The van der Waals surface area contributed by atoms with Crippen LogP contribution in [0.25, 0.3) is 11.5 Å². The van der Waals surface area contributed by atoms with Gasteiger partial charge in [-0.3, -0.25) is 4.79 Å². The summed E-state index contributed by atoms with van der Waals surface area (Å²) < 4.78 is 5.69. The fourth-order valence-corrected chi connectivity index (χ4v) is 3.26. The zero-order valence-electron chi connectivity index (χ0n) is 14.4. The first-order chi connectivity index (χ1) is 12.5. The Morgan fingerprint density at radius 2 is 1.92 bits per heavy atom. The lowest BCUT2D eigenvalue weighted by Crippen LogP contribution is -2.30. The van der Waals surface area contributed by atoms with Gasteiger partial charge in [0.05, 0.1) is 5.25 Å². The zero-order valence-corrected chi connectivity index (χ0v) is 16.0. The zero-order chi connectivity index (χ0) is 18.5. The Bertz CT molecular complexity index is 913. The molecule has 0 aliphatic rings. The van der Waals surface area contributed by atoms with E-state index in [4.69, 9.17) is 16.0 Å². The third-order valence-corrected chi connectivity index (χ3v) is 5.14. The summed E-state index contributed by atoms with van der Waals surface area (Å²) in [7, 11) is 0. The van der Waals surface area contributed by atoms with E-state index in [0.29, 0.717) is 22.7 Å². The number of benzene rings is 2. The molecule has 1 aromatic heterocycles. The molecule has 0 aliphatic carbocycles. The van der Waals surface area contributed by atoms with Gasteiger partial charge >= 0.3 is 0 Å². The highest BCUT2D eigenvalue weighted by Crippen LogP contribution is 2.27. The fourth-order valence-electron chi connectivity index (χ4n) is 2.35. The first kappa shape index (κ1) is 18.5. The van der Waals surface area contributed by atoms with Gasteiger partial charge in [0.1, 0.15) is 0 Å². The Labute approximate surface area is 161 Å². The first-order valence-electron chi connectivity index (χ1n) is 8.12. The number of nitrogens with zero attached hydrogens (tertiary/aromatic N) is 2. The predicted molar refractivity (Wildman–Crippen MR) is 103 cm³/mol. The van der Waals surface area contributed by atoms with Crippen LogP contribution in [-0.4, -0.2) is 21.4 Å². The predicted octanol–water partition coefficient (Wildman–Crippen LogP) is 4.50. The van der Waals surface area contributed by atoms with Gasteiger partial charge in [0.25, 0.3) is 5.22 Å². The summed E-state index contributed by atoms with van der Waals surface area (Å²) in [5.74, 6) is 0.333. The lowest BCUT2D eigenvalue weighted by Gasteiger charge is -2.10. The molecule has 0 fully saturated rings. The second-order valence-corrected chi connectivity index (χ2v) is 7.46. The van der Waals surface area contributed by atoms with Crippen molar-refractivity contribution in [3.05, 3.63) is 64.7 Å². The number of carbonyl (C=O) groups excluding carboxylic acids is 1. The van der Waals surface area contributed by atoms with Crippen molar-refractivity contribution >= 4 is 29.3 Å². The van der Waals surface area contributed by atoms with E-state index >= 15 is 0 Å². The number of nitrogens with one attached hydrogen (secondary N) is 1. The molecule has 0 bridgehead atoms. The molecule has 3 aromatic rings.